The van der Waals surface area contributed by atoms with E-state index in [1.165, 1.54) is 36.6 Å². The molecule has 0 saturated heterocycles. The van der Waals surface area contributed by atoms with Gasteiger partial charge in [-0.1, -0.05) is 36.4 Å². The molecule has 0 aliphatic heterocycles. The Bertz CT molecular complexity index is 1030. The molecule has 0 unspecified atom stereocenters. The average Bonchev–Trinajstić information content (AvgIpc) is 2.92. The van der Waals surface area contributed by atoms with Crippen molar-refractivity contribution in [1.29, 1.82) is 0 Å². The Hall–Kier alpha value is -2.76. The Morgan fingerprint density at radius 2 is 1.44 bits per heavy atom. The highest BCUT2D eigenvalue weighted by Gasteiger charge is 2.34. The number of allylic oxidation sites excluding steroid dienone is 1. The molecule has 0 spiro atoms. The molecular weight excluding hydrogens is 465 g/mol. The number of hydrogen-bond acceptors (Lipinski definition) is 3. The highest BCUT2D eigenvalue weighted by atomic mass is 19.2. The van der Waals surface area contributed by atoms with E-state index in [4.69, 9.17) is 9.47 Å². The summed E-state index contributed by atoms with van der Waals surface area (Å²) in [7, 11) is 0. The third kappa shape index (κ3) is 6.32. The summed E-state index contributed by atoms with van der Waals surface area (Å²) >= 11 is 0. The molecule has 0 radical (unpaired) electrons. The fourth-order valence-corrected chi connectivity index (χ4v) is 5.86. The van der Waals surface area contributed by atoms with Gasteiger partial charge in [-0.25, -0.2) is 4.39 Å². The predicted molar refractivity (Wildman–Crippen MR) is 135 cm³/mol. The van der Waals surface area contributed by atoms with E-state index >= 15 is 0 Å². The number of carbonyl (C=O) groups excluding carboxylic acids is 1. The molecule has 6 heteroatoms. The SMILES string of the molecule is CCOc1ccc(OC(=O)C2CCC(C3CCC(c4ccc(C=CCF)cc4)CC3)CC2)c(F)c1F. The molecule has 2 aliphatic carbocycles. The van der Waals surface area contributed by atoms with Gasteiger partial charge in [-0.15, -0.1) is 0 Å². The van der Waals surface area contributed by atoms with Gasteiger partial charge >= 0.3 is 5.97 Å². The first-order chi connectivity index (χ1) is 17.5. The maximum atomic E-state index is 14.3. The van der Waals surface area contributed by atoms with Gasteiger partial charge in [0.1, 0.15) is 6.67 Å². The highest BCUT2D eigenvalue weighted by Crippen LogP contribution is 2.44. The first-order valence-electron chi connectivity index (χ1n) is 13.1. The van der Waals surface area contributed by atoms with E-state index in [1.54, 1.807) is 13.0 Å². The summed E-state index contributed by atoms with van der Waals surface area (Å²) in [6.45, 7) is 1.45. The van der Waals surface area contributed by atoms with Crippen molar-refractivity contribution in [2.45, 2.75) is 64.2 Å². The van der Waals surface area contributed by atoms with E-state index in [0.717, 1.165) is 44.1 Å². The Morgan fingerprint density at radius 1 is 0.861 bits per heavy atom. The quantitative estimate of drug-likeness (QED) is 0.272. The minimum absolute atomic E-state index is 0.187. The number of halogens is 3. The van der Waals surface area contributed by atoms with Crippen molar-refractivity contribution < 1.29 is 27.4 Å². The first-order valence-corrected chi connectivity index (χ1v) is 13.1. The molecule has 0 atom stereocenters. The molecule has 36 heavy (non-hydrogen) atoms. The van der Waals surface area contributed by atoms with Crippen molar-refractivity contribution in [1.82, 2.24) is 0 Å². The molecule has 2 fully saturated rings. The summed E-state index contributed by atoms with van der Waals surface area (Å²) in [5, 5.41) is 0. The molecule has 194 valence electrons. The fourth-order valence-electron chi connectivity index (χ4n) is 5.86. The molecule has 0 heterocycles. The molecule has 2 aromatic carbocycles. The molecule has 0 aromatic heterocycles. The van der Waals surface area contributed by atoms with Crippen LogP contribution in [0.15, 0.2) is 42.5 Å². The van der Waals surface area contributed by atoms with Crippen LogP contribution in [0.3, 0.4) is 0 Å². The highest BCUT2D eigenvalue weighted by molar-refractivity contribution is 5.75. The smallest absolute Gasteiger partial charge is 0.314 e. The fraction of sp³-hybridized carbons (Fsp3) is 0.500. The second-order valence-electron chi connectivity index (χ2n) is 9.99. The molecule has 2 aliphatic rings. The van der Waals surface area contributed by atoms with Crippen molar-refractivity contribution >= 4 is 12.0 Å². The third-order valence-corrected chi connectivity index (χ3v) is 7.87. The standard InChI is InChI=1S/C30H35F3O3/c1-2-35-26-17-18-27(29(33)28(26)32)36-30(34)25-15-13-24(14-16-25)23-11-9-22(10-12-23)21-7-5-20(6-8-21)4-3-19-31/h3-8,17-18,22-25H,2,9-16,19H2,1H3. The van der Waals surface area contributed by atoms with E-state index < -0.39 is 24.3 Å². The van der Waals surface area contributed by atoms with Gasteiger partial charge in [-0.2, -0.15) is 8.78 Å². The average molecular weight is 501 g/mol. The molecule has 0 amide bonds. The first kappa shape index (κ1) is 26.3. The van der Waals surface area contributed by atoms with Crippen molar-refractivity contribution in [2.75, 3.05) is 13.3 Å². The van der Waals surface area contributed by atoms with Gasteiger partial charge in [0.25, 0.3) is 0 Å². The van der Waals surface area contributed by atoms with Crippen LogP contribution in [-0.4, -0.2) is 19.3 Å². The van der Waals surface area contributed by atoms with Gasteiger partial charge in [0.2, 0.25) is 11.6 Å². The van der Waals surface area contributed by atoms with Crippen LogP contribution < -0.4 is 9.47 Å². The molecule has 2 saturated carbocycles. The summed E-state index contributed by atoms with van der Waals surface area (Å²) in [4.78, 5) is 12.6. The van der Waals surface area contributed by atoms with Crippen LogP contribution in [0.25, 0.3) is 6.08 Å². The Morgan fingerprint density at radius 3 is 2.06 bits per heavy atom. The van der Waals surface area contributed by atoms with Gasteiger partial charge in [-0.3, -0.25) is 4.79 Å². The van der Waals surface area contributed by atoms with Crippen molar-refractivity contribution in [3.8, 4) is 11.5 Å². The van der Waals surface area contributed by atoms with Crippen LogP contribution in [0.2, 0.25) is 0 Å². The van der Waals surface area contributed by atoms with Crippen LogP contribution in [0.1, 0.15) is 75.3 Å². The summed E-state index contributed by atoms with van der Waals surface area (Å²) in [5.74, 6) is -1.82. The zero-order valence-electron chi connectivity index (χ0n) is 20.9. The number of alkyl halides is 1. The minimum atomic E-state index is -1.19. The van der Waals surface area contributed by atoms with E-state index in [0.29, 0.717) is 17.8 Å². The number of benzene rings is 2. The summed E-state index contributed by atoms with van der Waals surface area (Å²) in [5.41, 5.74) is 2.38. The topological polar surface area (TPSA) is 35.5 Å². The largest absolute Gasteiger partial charge is 0.491 e. The number of ether oxygens (including phenoxy) is 2. The normalized spacial score (nSPS) is 24.6. The molecule has 2 aromatic rings. The van der Waals surface area contributed by atoms with E-state index in [-0.39, 0.29) is 24.0 Å². The second-order valence-corrected chi connectivity index (χ2v) is 9.99. The lowest BCUT2D eigenvalue weighted by molar-refractivity contribution is -0.140. The van der Waals surface area contributed by atoms with Crippen LogP contribution in [-0.2, 0) is 4.79 Å². The lowest BCUT2D eigenvalue weighted by atomic mass is 9.68. The molecule has 3 nitrogen and oxygen atoms in total. The van der Waals surface area contributed by atoms with Gasteiger partial charge in [0.05, 0.1) is 12.5 Å². The zero-order valence-corrected chi connectivity index (χ0v) is 20.9. The van der Waals surface area contributed by atoms with Crippen molar-refractivity contribution in [2.24, 2.45) is 17.8 Å². The number of carbonyl (C=O) groups is 1. The van der Waals surface area contributed by atoms with Crippen LogP contribution in [0.4, 0.5) is 13.2 Å². The lowest BCUT2D eigenvalue weighted by Gasteiger charge is -2.37. The molecule has 0 bridgehead atoms. The second kappa shape index (κ2) is 12.5. The Balaban J connectivity index is 1.24. The number of rotatable bonds is 8. The van der Waals surface area contributed by atoms with Crippen molar-refractivity contribution in [3.05, 3.63) is 65.2 Å². The van der Waals surface area contributed by atoms with Gasteiger partial charge in [0, 0.05) is 0 Å². The molecule has 0 N–H and O–H groups in total. The monoisotopic (exact) mass is 500 g/mol. The molecule has 4 rings (SSSR count). The van der Waals surface area contributed by atoms with Crippen LogP contribution in [0, 0.1) is 29.4 Å². The van der Waals surface area contributed by atoms with E-state index in [9.17, 15) is 18.0 Å². The van der Waals surface area contributed by atoms with Gasteiger partial charge in [-0.05, 0) is 99.3 Å². The lowest BCUT2D eigenvalue weighted by Crippen LogP contribution is -2.30. The maximum Gasteiger partial charge on any atom is 0.314 e. The number of esters is 1. The predicted octanol–water partition coefficient (Wildman–Crippen LogP) is 8.03. The van der Waals surface area contributed by atoms with E-state index in [2.05, 4.69) is 24.3 Å². The van der Waals surface area contributed by atoms with Gasteiger partial charge < -0.3 is 9.47 Å². The Kier molecular flexibility index (Phi) is 9.11. The maximum absolute atomic E-state index is 14.3. The molecular formula is C30H35F3O3. The van der Waals surface area contributed by atoms with Crippen LogP contribution in [0.5, 0.6) is 11.5 Å². The summed E-state index contributed by atoms with van der Waals surface area (Å²) in [6.07, 6.45) is 11.4. The van der Waals surface area contributed by atoms with E-state index in [1.807, 2.05) is 0 Å². The number of hydrogen-bond donors (Lipinski definition) is 0. The van der Waals surface area contributed by atoms with Crippen molar-refractivity contribution in [3.63, 3.8) is 0 Å². The summed E-state index contributed by atoms with van der Waals surface area (Å²) < 4.78 is 51.0. The third-order valence-electron chi connectivity index (χ3n) is 7.87. The van der Waals surface area contributed by atoms with Gasteiger partial charge in [0.15, 0.2) is 11.5 Å². The van der Waals surface area contributed by atoms with Crippen LogP contribution >= 0.6 is 0 Å². The summed E-state index contributed by atoms with van der Waals surface area (Å²) in [6, 6.07) is 11.0. The Labute approximate surface area is 211 Å². The minimum Gasteiger partial charge on any atom is -0.491 e. The zero-order chi connectivity index (χ0) is 25.5.